The average Bonchev–Trinajstić information content (AvgIpc) is 3.10. The largest absolute Gasteiger partial charge is 0.481 e. The van der Waals surface area contributed by atoms with Crippen LogP contribution in [0.5, 0.6) is 0 Å². The van der Waals surface area contributed by atoms with Crippen LogP contribution >= 0.6 is 0 Å². The Kier molecular flexibility index (Phi) is 8.31. The minimum Gasteiger partial charge on any atom is -0.481 e. The standard InChI is InChI=1S/C27H34N2O5/c1-16(2)25(26(32)28-17(3)13-14-24(30)31)18(4)29-27(33)34-15-23-21-11-7-5-9-19(21)20-10-6-8-12-22(20)23/h5-12,16-18,23,25H,13-15H2,1-4H3,(H,28,32)(H,29,33)(H,30,31). The van der Waals surface area contributed by atoms with Gasteiger partial charge in [-0.05, 0) is 48.4 Å². The summed E-state index contributed by atoms with van der Waals surface area (Å²) in [4.78, 5) is 36.3. The lowest BCUT2D eigenvalue weighted by Crippen LogP contribution is -2.49. The predicted octanol–water partition coefficient (Wildman–Crippen LogP) is 4.56. The summed E-state index contributed by atoms with van der Waals surface area (Å²) in [6.45, 7) is 7.61. The second-order valence-corrected chi connectivity index (χ2v) is 9.37. The molecule has 2 aromatic rings. The van der Waals surface area contributed by atoms with E-state index >= 15 is 0 Å². The molecule has 0 aliphatic heterocycles. The van der Waals surface area contributed by atoms with E-state index in [1.54, 1.807) is 13.8 Å². The van der Waals surface area contributed by atoms with E-state index < -0.39 is 24.0 Å². The number of fused-ring (bicyclic) bond motifs is 3. The van der Waals surface area contributed by atoms with Gasteiger partial charge in [0.15, 0.2) is 0 Å². The average molecular weight is 467 g/mol. The third-order valence-corrected chi connectivity index (χ3v) is 6.43. The van der Waals surface area contributed by atoms with Crippen molar-refractivity contribution >= 4 is 18.0 Å². The number of hydrogen-bond acceptors (Lipinski definition) is 4. The first kappa shape index (κ1) is 25.3. The van der Waals surface area contributed by atoms with Crippen molar-refractivity contribution in [1.29, 1.82) is 0 Å². The molecule has 0 fully saturated rings. The molecule has 3 N–H and O–H groups in total. The zero-order valence-electron chi connectivity index (χ0n) is 20.2. The van der Waals surface area contributed by atoms with Crippen molar-refractivity contribution in [3.8, 4) is 11.1 Å². The Labute approximate surface area is 200 Å². The van der Waals surface area contributed by atoms with Crippen molar-refractivity contribution in [2.24, 2.45) is 11.8 Å². The Bertz CT molecular complexity index is 990. The van der Waals surface area contributed by atoms with E-state index in [4.69, 9.17) is 9.84 Å². The fraction of sp³-hybridized carbons (Fsp3) is 0.444. The second kappa shape index (κ2) is 11.2. The number of carbonyl (C=O) groups excluding carboxylic acids is 2. The zero-order chi connectivity index (χ0) is 24.8. The molecular weight excluding hydrogens is 432 g/mol. The summed E-state index contributed by atoms with van der Waals surface area (Å²) in [7, 11) is 0. The Hall–Kier alpha value is -3.35. The van der Waals surface area contributed by atoms with Crippen LogP contribution in [-0.4, -0.2) is 41.8 Å². The molecule has 3 unspecified atom stereocenters. The molecule has 7 heteroatoms. The molecule has 3 rings (SSSR count). The van der Waals surface area contributed by atoms with Crippen molar-refractivity contribution in [1.82, 2.24) is 10.6 Å². The minimum absolute atomic E-state index is 0.0126. The molecule has 7 nitrogen and oxygen atoms in total. The van der Waals surface area contributed by atoms with Gasteiger partial charge in [-0.15, -0.1) is 0 Å². The number of carboxylic acid groups (broad SMARTS) is 1. The van der Waals surface area contributed by atoms with E-state index in [-0.39, 0.29) is 36.8 Å². The lowest BCUT2D eigenvalue weighted by Gasteiger charge is -2.28. The first-order valence-corrected chi connectivity index (χ1v) is 11.8. The van der Waals surface area contributed by atoms with Gasteiger partial charge in [0.05, 0.1) is 5.92 Å². The Morgan fingerprint density at radius 1 is 0.912 bits per heavy atom. The van der Waals surface area contributed by atoms with E-state index in [0.717, 1.165) is 22.3 Å². The molecule has 0 bridgehead atoms. The number of carbonyl (C=O) groups is 3. The maximum atomic E-state index is 12.9. The van der Waals surface area contributed by atoms with E-state index in [2.05, 4.69) is 34.9 Å². The van der Waals surface area contributed by atoms with Gasteiger partial charge >= 0.3 is 12.1 Å². The lowest BCUT2D eigenvalue weighted by molar-refractivity contribution is -0.137. The van der Waals surface area contributed by atoms with Gasteiger partial charge in [-0.1, -0.05) is 62.4 Å². The number of benzene rings is 2. The number of carboxylic acids is 1. The summed E-state index contributed by atoms with van der Waals surface area (Å²) < 4.78 is 5.62. The van der Waals surface area contributed by atoms with Crippen molar-refractivity contribution in [2.75, 3.05) is 6.61 Å². The van der Waals surface area contributed by atoms with Gasteiger partial charge in [0, 0.05) is 24.4 Å². The van der Waals surface area contributed by atoms with Crippen LogP contribution in [-0.2, 0) is 14.3 Å². The summed E-state index contributed by atoms with van der Waals surface area (Å²) >= 11 is 0. The van der Waals surface area contributed by atoms with Gasteiger partial charge in [-0.25, -0.2) is 4.79 Å². The third-order valence-electron chi connectivity index (χ3n) is 6.43. The highest BCUT2D eigenvalue weighted by atomic mass is 16.5. The number of hydrogen-bond donors (Lipinski definition) is 3. The Balaban J connectivity index is 1.59. The maximum absolute atomic E-state index is 12.9. The highest BCUT2D eigenvalue weighted by molar-refractivity contribution is 5.81. The van der Waals surface area contributed by atoms with Crippen LogP contribution in [0.25, 0.3) is 11.1 Å². The fourth-order valence-corrected chi connectivity index (χ4v) is 4.77. The van der Waals surface area contributed by atoms with Crippen molar-refractivity contribution in [3.63, 3.8) is 0 Å². The molecule has 34 heavy (non-hydrogen) atoms. The zero-order valence-corrected chi connectivity index (χ0v) is 20.2. The number of nitrogens with one attached hydrogen (secondary N) is 2. The topological polar surface area (TPSA) is 105 Å². The van der Waals surface area contributed by atoms with Crippen molar-refractivity contribution in [3.05, 3.63) is 59.7 Å². The molecule has 1 aliphatic carbocycles. The van der Waals surface area contributed by atoms with E-state index in [0.29, 0.717) is 6.42 Å². The summed E-state index contributed by atoms with van der Waals surface area (Å²) in [5, 5.41) is 14.5. The van der Waals surface area contributed by atoms with E-state index in [9.17, 15) is 14.4 Å². The number of amides is 2. The van der Waals surface area contributed by atoms with Gasteiger partial charge in [-0.2, -0.15) is 0 Å². The number of rotatable bonds is 10. The molecule has 0 spiro atoms. The smallest absolute Gasteiger partial charge is 0.407 e. The summed E-state index contributed by atoms with van der Waals surface area (Å²) in [5.74, 6) is -1.65. The monoisotopic (exact) mass is 466 g/mol. The molecule has 2 aromatic carbocycles. The van der Waals surface area contributed by atoms with Crippen LogP contribution in [0.4, 0.5) is 4.79 Å². The highest BCUT2D eigenvalue weighted by Gasteiger charge is 2.32. The molecular formula is C27H34N2O5. The molecule has 0 aromatic heterocycles. The maximum Gasteiger partial charge on any atom is 0.407 e. The quantitative estimate of drug-likeness (QED) is 0.476. The summed E-state index contributed by atoms with van der Waals surface area (Å²) in [6.07, 6.45) is -0.228. The molecule has 3 atom stereocenters. The number of aliphatic carboxylic acids is 1. The van der Waals surface area contributed by atoms with Crippen LogP contribution < -0.4 is 10.6 Å². The fourth-order valence-electron chi connectivity index (χ4n) is 4.77. The second-order valence-electron chi connectivity index (χ2n) is 9.37. The van der Waals surface area contributed by atoms with Crippen LogP contribution in [0.3, 0.4) is 0 Å². The Morgan fingerprint density at radius 2 is 1.47 bits per heavy atom. The van der Waals surface area contributed by atoms with Gasteiger partial charge < -0.3 is 20.5 Å². The van der Waals surface area contributed by atoms with Crippen molar-refractivity contribution in [2.45, 2.75) is 58.5 Å². The number of ether oxygens (including phenoxy) is 1. The first-order chi connectivity index (χ1) is 16.2. The molecule has 1 aliphatic rings. The molecule has 182 valence electrons. The van der Waals surface area contributed by atoms with Crippen molar-refractivity contribution < 1.29 is 24.2 Å². The normalized spacial score (nSPS) is 15.1. The SMILES string of the molecule is CC(CCC(=O)O)NC(=O)C(C(C)C)C(C)NC(=O)OCC1c2ccccc2-c2ccccc21. The van der Waals surface area contributed by atoms with E-state index in [1.165, 1.54) is 0 Å². The Morgan fingerprint density at radius 3 is 2.00 bits per heavy atom. The number of alkyl carbamates (subject to hydrolysis) is 1. The minimum atomic E-state index is -0.896. The van der Waals surface area contributed by atoms with Crippen LogP contribution in [0.2, 0.25) is 0 Å². The van der Waals surface area contributed by atoms with Gasteiger partial charge in [-0.3, -0.25) is 9.59 Å². The molecule has 0 saturated heterocycles. The molecule has 0 heterocycles. The lowest BCUT2D eigenvalue weighted by atomic mass is 9.88. The highest BCUT2D eigenvalue weighted by Crippen LogP contribution is 2.44. The van der Waals surface area contributed by atoms with Gasteiger partial charge in [0.25, 0.3) is 0 Å². The molecule has 0 saturated carbocycles. The summed E-state index contributed by atoms with van der Waals surface area (Å²) in [5.41, 5.74) is 4.60. The first-order valence-electron chi connectivity index (χ1n) is 11.8. The van der Waals surface area contributed by atoms with E-state index in [1.807, 2.05) is 38.1 Å². The van der Waals surface area contributed by atoms with Gasteiger partial charge in [0.1, 0.15) is 6.61 Å². The molecule has 2 amide bonds. The van der Waals surface area contributed by atoms with Crippen LogP contribution in [0, 0.1) is 11.8 Å². The van der Waals surface area contributed by atoms with Crippen LogP contribution in [0.15, 0.2) is 48.5 Å². The summed E-state index contributed by atoms with van der Waals surface area (Å²) in [6, 6.07) is 15.6. The predicted molar refractivity (Wildman–Crippen MR) is 130 cm³/mol. The van der Waals surface area contributed by atoms with Crippen LogP contribution in [0.1, 0.15) is 57.6 Å². The van der Waals surface area contributed by atoms with Gasteiger partial charge in [0.2, 0.25) is 5.91 Å². The molecule has 0 radical (unpaired) electrons. The third kappa shape index (κ3) is 5.95.